The molecule has 9 nitrogen and oxygen atoms in total. The number of carbonyl (C=O) groups excluding carboxylic acids is 1. The van der Waals surface area contributed by atoms with Gasteiger partial charge in [-0.1, -0.05) is 73.7 Å². The number of carbonyl (C=O) groups is 2. The lowest BCUT2D eigenvalue weighted by atomic mass is 9.96. The second kappa shape index (κ2) is 17.9. The zero-order chi connectivity index (χ0) is 30.2. The average molecular weight is 578 g/mol. The first kappa shape index (κ1) is 32.8. The van der Waals surface area contributed by atoms with Crippen LogP contribution in [0.2, 0.25) is 0 Å². The molecule has 1 unspecified atom stereocenters. The molecule has 0 aliphatic rings. The Kier molecular flexibility index (Phi) is 14.0. The Bertz CT molecular complexity index is 1180. The molecule has 3 rings (SSSR count). The van der Waals surface area contributed by atoms with E-state index < -0.39 is 11.9 Å². The van der Waals surface area contributed by atoms with Gasteiger partial charge in [0.25, 0.3) is 0 Å². The fourth-order valence-electron chi connectivity index (χ4n) is 4.54. The van der Waals surface area contributed by atoms with Crippen molar-refractivity contribution in [2.24, 2.45) is 11.7 Å². The number of aliphatic carboxylic acids is 1. The summed E-state index contributed by atoms with van der Waals surface area (Å²) in [5, 5.41) is 21.9. The van der Waals surface area contributed by atoms with Crippen molar-refractivity contribution in [3.63, 3.8) is 0 Å². The fraction of sp³-hybridized carbons (Fsp3) is 0.394. The summed E-state index contributed by atoms with van der Waals surface area (Å²) in [7, 11) is 0. The molecule has 0 spiro atoms. The van der Waals surface area contributed by atoms with Gasteiger partial charge in [-0.15, -0.1) is 0 Å². The third-order valence-corrected chi connectivity index (χ3v) is 6.81. The van der Waals surface area contributed by atoms with E-state index in [0.717, 1.165) is 25.2 Å². The maximum absolute atomic E-state index is 12.4. The second-order valence-electron chi connectivity index (χ2n) is 10.5. The van der Waals surface area contributed by atoms with Crippen LogP contribution < -0.4 is 11.1 Å². The standard InChI is InChI=1S/C33H43N3O6/c1-25(33(39)40)20-29(34)21-28-12-13-31(37)30(22-28)35-32(38)14-16-41-18-19-42-17-15-36(23-26-8-4-2-5-9-26)24-27-10-6-3-7-11-27/h2-13,22,25,29,37H,14-21,23-24,34H2,1H3,(H,35,38)(H,39,40)/t25?,29-/m1/s1. The van der Waals surface area contributed by atoms with E-state index in [-0.39, 0.29) is 36.4 Å². The van der Waals surface area contributed by atoms with Crippen LogP contribution in [0.4, 0.5) is 5.69 Å². The number of phenolic OH excluding ortho intramolecular Hbond substituents is 1. The van der Waals surface area contributed by atoms with Gasteiger partial charge in [-0.2, -0.15) is 0 Å². The van der Waals surface area contributed by atoms with Crippen LogP contribution in [-0.4, -0.2) is 66.0 Å². The molecule has 0 aliphatic heterocycles. The van der Waals surface area contributed by atoms with Crippen LogP contribution in [-0.2, 0) is 38.6 Å². The van der Waals surface area contributed by atoms with Crippen molar-refractivity contribution in [3.05, 3.63) is 95.6 Å². The molecule has 0 bridgehead atoms. The largest absolute Gasteiger partial charge is 0.506 e. The number of anilines is 1. The molecule has 2 atom stereocenters. The van der Waals surface area contributed by atoms with Crippen LogP contribution in [0, 0.1) is 5.92 Å². The molecule has 3 aromatic rings. The Morgan fingerprint density at radius 1 is 0.857 bits per heavy atom. The summed E-state index contributed by atoms with van der Waals surface area (Å²) >= 11 is 0. The number of benzene rings is 3. The number of carboxylic acids is 1. The van der Waals surface area contributed by atoms with Gasteiger partial charge in [-0.25, -0.2) is 0 Å². The predicted octanol–water partition coefficient (Wildman–Crippen LogP) is 4.44. The summed E-state index contributed by atoms with van der Waals surface area (Å²) in [6.45, 7) is 5.65. The van der Waals surface area contributed by atoms with Crippen molar-refractivity contribution in [3.8, 4) is 5.75 Å². The first-order chi connectivity index (χ1) is 20.3. The zero-order valence-corrected chi connectivity index (χ0v) is 24.3. The molecule has 3 aromatic carbocycles. The molecule has 0 radical (unpaired) electrons. The minimum atomic E-state index is -0.887. The van der Waals surface area contributed by atoms with Gasteiger partial charge >= 0.3 is 5.97 Å². The molecule has 0 fully saturated rings. The molecule has 1 amide bonds. The number of nitrogens with one attached hydrogen (secondary N) is 1. The number of amides is 1. The maximum Gasteiger partial charge on any atom is 0.306 e. The molecule has 0 aromatic heterocycles. The summed E-state index contributed by atoms with van der Waals surface area (Å²) in [5.74, 6) is -1.77. The smallest absolute Gasteiger partial charge is 0.306 e. The summed E-state index contributed by atoms with van der Waals surface area (Å²) < 4.78 is 11.4. The summed E-state index contributed by atoms with van der Waals surface area (Å²) in [6, 6.07) is 25.3. The van der Waals surface area contributed by atoms with Gasteiger partial charge in [0.2, 0.25) is 5.91 Å². The lowest BCUT2D eigenvalue weighted by Crippen LogP contribution is -2.28. The Balaban J connectivity index is 1.33. The van der Waals surface area contributed by atoms with Gasteiger partial charge in [-0.3, -0.25) is 14.5 Å². The molecule has 9 heteroatoms. The highest BCUT2D eigenvalue weighted by molar-refractivity contribution is 5.92. The maximum atomic E-state index is 12.4. The van der Waals surface area contributed by atoms with Crippen molar-refractivity contribution >= 4 is 17.6 Å². The van der Waals surface area contributed by atoms with Crippen molar-refractivity contribution in [1.29, 1.82) is 0 Å². The van der Waals surface area contributed by atoms with Crippen molar-refractivity contribution in [2.45, 2.75) is 45.3 Å². The van der Waals surface area contributed by atoms with E-state index in [1.165, 1.54) is 17.2 Å². The van der Waals surface area contributed by atoms with Crippen LogP contribution in [0.15, 0.2) is 78.9 Å². The van der Waals surface area contributed by atoms with E-state index in [1.54, 1.807) is 19.1 Å². The third-order valence-electron chi connectivity index (χ3n) is 6.81. The van der Waals surface area contributed by atoms with Crippen LogP contribution in [0.3, 0.4) is 0 Å². The number of aromatic hydroxyl groups is 1. The van der Waals surface area contributed by atoms with Gasteiger partial charge in [0.05, 0.1) is 44.5 Å². The van der Waals surface area contributed by atoms with Crippen LogP contribution >= 0.6 is 0 Å². The summed E-state index contributed by atoms with van der Waals surface area (Å²) in [5.41, 5.74) is 9.69. The minimum Gasteiger partial charge on any atom is -0.506 e. The number of nitrogens with zero attached hydrogens (tertiary/aromatic N) is 1. The number of carboxylic acid groups (broad SMARTS) is 1. The van der Waals surface area contributed by atoms with Crippen LogP contribution in [0.1, 0.15) is 36.5 Å². The number of nitrogens with two attached hydrogens (primary N) is 1. The molecule has 0 saturated carbocycles. The Morgan fingerprint density at radius 3 is 2.05 bits per heavy atom. The summed E-state index contributed by atoms with van der Waals surface area (Å²) in [4.78, 5) is 25.8. The summed E-state index contributed by atoms with van der Waals surface area (Å²) in [6.07, 6.45) is 0.889. The van der Waals surface area contributed by atoms with Crippen molar-refractivity contribution in [1.82, 2.24) is 4.90 Å². The van der Waals surface area contributed by atoms with Crippen LogP contribution in [0.25, 0.3) is 0 Å². The monoisotopic (exact) mass is 577 g/mol. The average Bonchev–Trinajstić information content (AvgIpc) is 2.97. The van der Waals surface area contributed by atoms with E-state index in [1.807, 2.05) is 36.4 Å². The normalized spacial score (nSPS) is 12.6. The van der Waals surface area contributed by atoms with Gasteiger partial charge in [0, 0.05) is 25.7 Å². The van der Waals surface area contributed by atoms with Gasteiger partial charge in [0.15, 0.2) is 0 Å². The Morgan fingerprint density at radius 2 is 1.45 bits per heavy atom. The van der Waals surface area contributed by atoms with E-state index in [0.29, 0.717) is 32.7 Å². The quantitative estimate of drug-likeness (QED) is 0.121. The molecule has 0 heterocycles. The van der Waals surface area contributed by atoms with E-state index in [4.69, 9.17) is 20.3 Å². The topological polar surface area (TPSA) is 134 Å². The third kappa shape index (κ3) is 12.4. The number of hydrogen-bond acceptors (Lipinski definition) is 7. The fourth-order valence-corrected chi connectivity index (χ4v) is 4.54. The lowest BCUT2D eigenvalue weighted by molar-refractivity contribution is -0.141. The van der Waals surface area contributed by atoms with Crippen LogP contribution in [0.5, 0.6) is 5.75 Å². The van der Waals surface area contributed by atoms with Crippen molar-refractivity contribution in [2.75, 3.05) is 38.3 Å². The molecule has 0 aliphatic carbocycles. The Labute approximate surface area is 248 Å². The predicted molar refractivity (Wildman–Crippen MR) is 163 cm³/mol. The second-order valence-corrected chi connectivity index (χ2v) is 10.5. The first-order valence-electron chi connectivity index (χ1n) is 14.4. The minimum absolute atomic E-state index is 0.0533. The molecular weight excluding hydrogens is 534 g/mol. The van der Waals surface area contributed by atoms with E-state index in [2.05, 4.69) is 34.5 Å². The van der Waals surface area contributed by atoms with Gasteiger partial charge < -0.3 is 30.7 Å². The highest BCUT2D eigenvalue weighted by atomic mass is 16.5. The lowest BCUT2D eigenvalue weighted by Gasteiger charge is -2.22. The van der Waals surface area contributed by atoms with Gasteiger partial charge in [0.1, 0.15) is 5.75 Å². The molecule has 5 N–H and O–H groups in total. The molecular formula is C33H43N3O6. The Hall–Kier alpha value is -3.76. The van der Waals surface area contributed by atoms with E-state index in [9.17, 15) is 14.7 Å². The van der Waals surface area contributed by atoms with Crippen molar-refractivity contribution < 1.29 is 29.3 Å². The molecule has 42 heavy (non-hydrogen) atoms. The zero-order valence-electron chi connectivity index (χ0n) is 24.3. The van der Waals surface area contributed by atoms with E-state index >= 15 is 0 Å². The number of phenols is 1. The SMILES string of the molecule is CC(C[C@@H](N)Cc1ccc(O)c(NC(=O)CCOCCOCCN(Cc2ccccc2)Cc2ccccc2)c1)C(=O)O. The number of hydrogen-bond donors (Lipinski definition) is 4. The molecule has 0 saturated heterocycles. The number of ether oxygens (including phenoxy) is 2. The molecule has 226 valence electrons. The first-order valence-corrected chi connectivity index (χ1v) is 14.4. The highest BCUT2D eigenvalue weighted by Gasteiger charge is 2.17. The van der Waals surface area contributed by atoms with Gasteiger partial charge in [-0.05, 0) is 41.7 Å². The highest BCUT2D eigenvalue weighted by Crippen LogP contribution is 2.25. The number of rotatable bonds is 19.